The van der Waals surface area contributed by atoms with Crippen molar-refractivity contribution < 1.29 is 23.9 Å². The molecular formula is C22H22BrNO5S. The molecule has 8 heteroatoms. The van der Waals surface area contributed by atoms with Gasteiger partial charge in [0, 0.05) is 0 Å². The average Bonchev–Trinajstić information content (AvgIpc) is 2.99. The number of thioether (sulfide) groups is 1. The summed E-state index contributed by atoms with van der Waals surface area (Å²) in [5.74, 6) is 2.16. The smallest absolute Gasteiger partial charge is 0.317 e. The van der Waals surface area contributed by atoms with Crippen molar-refractivity contribution in [2.45, 2.75) is 38.5 Å². The van der Waals surface area contributed by atoms with Crippen LogP contribution in [0.1, 0.15) is 44.1 Å². The van der Waals surface area contributed by atoms with Crippen LogP contribution in [0.3, 0.4) is 0 Å². The van der Waals surface area contributed by atoms with Gasteiger partial charge in [-0.1, -0.05) is 0 Å². The van der Waals surface area contributed by atoms with Gasteiger partial charge in [-0.25, -0.2) is 0 Å². The maximum Gasteiger partial charge on any atom is 0.317 e. The zero-order valence-corrected chi connectivity index (χ0v) is 18.9. The van der Waals surface area contributed by atoms with Crippen LogP contribution in [0.25, 0.3) is 6.08 Å². The summed E-state index contributed by atoms with van der Waals surface area (Å²) in [5.41, 5.74) is 0.305. The quantitative estimate of drug-likeness (QED) is 0.366. The van der Waals surface area contributed by atoms with E-state index in [1.165, 1.54) is 26.4 Å². The predicted octanol–water partition coefficient (Wildman–Crippen LogP) is 4.90. The van der Waals surface area contributed by atoms with Gasteiger partial charge in [-0.05, 0) is 108 Å². The number of halogens is 1. The number of hydrogen-bond acceptors (Lipinski definition) is 6. The molecule has 158 valence electrons. The van der Waals surface area contributed by atoms with Crippen LogP contribution in [-0.4, -0.2) is 24.2 Å². The molecule has 30 heavy (non-hydrogen) atoms. The average molecular weight is 492 g/mol. The molecule has 0 aromatic heterocycles. The number of ether oxygens (including phenoxy) is 2. The van der Waals surface area contributed by atoms with E-state index in [-0.39, 0.29) is 11.4 Å². The van der Waals surface area contributed by atoms with Gasteiger partial charge in [0.15, 0.2) is 11.5 Å². The lowest BCUT2D eigenvalue weighted by atomic mass is 9.49. The van der Waals surface area contributed by atoms with Crippen LogP contribution in [0, 0.1) is 23.2 Å². The Labute approximate surface area is 187 Å². The van der Waals surface area contributed by atoms with Crippen molar-refractivity contribution >= 4 is 50.9 Å². The molecule has 4 saturated carbocycles. The van der Waals surface area contributed by atoms with Crippen molar-refractivity contribution in [1.82, 2.24) is 5.32 Å². The molecule has 4 aliphatic carbocycles. The van der Waals surface area contributed by atoms with E-state index in [0.717, 1.165) is 31.0 Å². The lowest BCUT2D eigenvalue weighted by Gasteiger charge is -2.55. The van der Waals surface area contributed by atoms with Crippen molar-refractivity contribution in [1.29, 1.82) is 0 Å². The van der Waals surface area contributed by atoms with Crippen LogP contribution in [0.5, 0.6) is 11.5 Å². The van der Waals surface area contributed by atoms with Gasteiger partial charge in [0.25, 0.3) is 11.1 Å². The summed E-state index contributed by atoms with van der Waals surface area (Å²) >= 11 is 4.35. The molecule has 5 aliphatic rings. The van der Waals surface area contributed by atoms with Crippen LogP contribution >= 0.6 is 27.7 Å². The fraction of sp³-hybridized carbons (Fsp3) is 0.500. The molecule has 1 aromatic carbocycles. The number of hydrogen-bond donors (Lipinski definition) is 1. The molecule has 1 saturated heterocycles. The van der Waals surface area contributed by atoms with Crippen LogP contribution in [0.15, 0.2) is 21.5 Å². The molecule has 1 N–H and O–H groups in total. The van der Waals surface area contributed by atoms with Gasteiger partial charge in [0.05, 0.1) is 21.9 Å². The predicted molar refractivity (Wildman–Crippen MR) is 116 cm³/mol. The summed E-state index contributed by atoms with van der Waals surface area (Å²) in [4.78, 5) is 36.8. The molecule has 1 aliphatic heterocycles. The third kappa shape index (κ3) is 3.47. The molecular weight excluding hydrogens is 470 g/mol. The van der Waals surface area contributed by atoms with Gasteiger partial charge in [0.1, 0.15) is 0 Å². The molecule has 2 amide bonds. The Morgan fingerprint density at radius 3 is 2.33 bits per heavy atom. The Morgan fingerprint density at radius 2 is 1.80 bits per heavy atom. The summed E-state index contributed by atoms with van der Waals surface area (Å²) in [5, 5.41) is 1.84. The van der Waals surface area contributed by atoms with Gasteiger partial charge in [0.2, 0.25) is 0 Å². The normalized spacial score (nSPS) is 33.1. The molecule has 1 aromatic rings. The zero-order valence-electron chi connectivity index (χ0n) is 16.5. The number of esters is 1. The van der Waals surface area contributed by atoms with Crippen LogP contribution in [-0.2, 0) is 9.59 Å². The first-order chi connectivity index (χ1) is 14.3. The Morgan fingerprint density at radius 1 is 1.17 bits per heavy atom. The van der Waals surface area contributed by atoms with E-state index in [1.807, 2.05) is 0 Å². The van der Waals surface area contributed by atoms with Crippen LogP contribution in [0.4, 0.5) is 4.79 Å². The summed E-state index contributed by atoms with van der Waals surface area (Å²) < 4.78 is 12.0. The highest BCUT2D eigenvalue weighted by Gasteiger charge is 2.55. The molecule has 0 unspecified atom stereocenters. The highest BCUT2D eigenvalue weighted by Crippen LogP contribution is 2.60. The van der Waals surface area contributed by atoms with E-state index in [1.54, 1.807) is 18.2 Å². The third-order valence-electron chi connectivity index (χ3n) is 6.86. The summed E-state index contributed by atoms with van der Waals surface area (Å²) in [6.07, 6.45) is 8.20. The second kappa shape index (κ2) is 7.41. The van der Waals surface area contributed by atoms with Crippen LogP contribution in [0.2, 0.25) is 0 Å². The van der Waals surface area contributed by atoms with Gasteiger partial charge in [-0.2, -0.15) is 0 Å². The SMILES string of the molecule is COc1cc(/C=C2\SC(=O)NC2=O)cc(Br)c1OC(=O)C12CC3CC(CC(C3)C1)C2. The number of amides is 2. The van der Waals surface area contributed by atoms with Crippen molar-refractivity contribution in [2.24, 2.45) is 23.2 Å². The molecule has 0 atom stereocenters. The molecule has 5 fully saturated rings. The standard InChI is InChI=1S/C22H22BrNO5S/c1-28-16-6-11(7-17-19(25)24-21(27)30-17)5-15(23)18(16)29-20(26)22-8-12-2-13(9-22)4-14(3-12)10-22/h5-7,12-14H,2-4,8-10H2,1H3,(H,24,25,27)/b17-7-. The van der Waals surface area contributed by atoms with Gasteiger partial charge in [-0.3, -0.25) is 19.7 Å². The van der Waals surface area contributed by atoms with E-state index >= 15 is 0 Å². The largest absolute Gasteiger partial charge is 0.493 e. The zero-order chi connectivity index (χ0) is 21.0. The fourth-order valence-corrected chi connectivity index (χ4v) is 7.28. The number of rotatable bonds is 4. The first kappa shape index (κ1) is 20.1. The topological polar surface area (TPSA) is 81.7 Å². The van der Waals surface area contributed by atoms with Crippen molar-refractivity contribution in [3.05, 3.63) is 27.1 Å². The van der Waals surface area contributed by atoms with E-state index in [9.17, 15) is 14.4 Å². The maximum absolute atomic E-state index is 13.3. The van der Waals surface area contributed by atoms with E-state index in [4.69, 9.17) is 9.47 Å². The molecule has 4 bridgehead atoms. The second-order valence-corrected chi connectivity index (χ2v) is 10.8. The number of benzene rings is 1. The Balaban J connectivity index is 1.41. The number of carbonyl (C=O) groups excluding carboxylic acids is 3. The minimum Gasteiger partial charge on any atom is -0.493 e. The minimum absolute atomic E-state index is 0.150. The maximum atomic E-state index is 13.3. The Kier molecular flexibility index (Phi) is 4.97. The lowest BCUT2D eigenvalue weighted by Crippen LogP contribution is -2.51. The number of carbonyl (C=O) groups is 3. The summed E-state index contributed by atoms with van der Waals surface area (Å²) in [7, 11) is 1.52. The minimum atomic E-state index is -0.419. The van der Waals surface area contributed by atoms with Crippen molar-refractivity contribution in [3.63, 3.8) is 0 Å². The van der Waals surface area contributed by atoms with Crippen molar-refractivity contribution in [2.75, 3.05) is 7.11 Å². The highest BCUT2D eigenvalue weighted by atomic mass is 79.9. The van der Waals surface area contributed by atoms with Crippen molar-refractivity contribution in [3.8, 4) is 11.5 Å². The molecule has 1 heterocycles. The van der Waals surface area contributed by atoms with Gasteiger partial charge < -0.3 is 9.47 Å². The van der Waals surface area contributed by atoms with Gasteiger partial charge >= 0.3 is 5.97 Å². The summed E-state index contributed by atoms with van der Waals surface area (Å²) in [6.45, 7) is 0. The molecule has 6 nitrogen and oxygen atoms in total. The Hall–Kier alpha value is -1.80. The molecule has 0 spiro atoms. The third-order valence-corrected chi connectivity index (χ3v) is 8.26. The fourth-order valence-electron chi connectivity index (χ4n) is 6.06. The van der Waals surface area contributed by atoms with E-state index < -0.39 is 11.1 Å². The number of imide groups is 1. The second-order valence-electron chi connectivity index (χ2n) is 8.97. The number of methoxy groups -OCH3 is 1. The molecule has 6 rings (SSSR count). The monoisotopic (exact) mass is 491 g/mol. The molecule has 0 radical (unpaired) electrons. The van der Waals surface area contributed by atoms with Crippen LogP contribution < -0.4 is 14.8 Å². The summed E-state index contributed by atoms with van der Waals surface area (Å²) in [6, 6.07) is 3.46. The lowest BCUT2D eigenvalue weighted by molar-refractivity contribution is -0.161. The Bertz CT molecular complexity index is 953. The first-order valence-electron chi connectivity index (χ1n) is 10.2. The highest BCUT2D eigenvalue weighted by molar-refractivity contribution is 9.10. The number of nitrogens with one attached hydrogen (secondary N) is 1. The van der Waals surface area contributed by atoms with E-state index in [0.29, 0.717) is 44.2 Å². The first-order valence-corrected chi connectivity index (χ1v) is 11.8. The van der Waals surface area contributed by atoms with E-state index in [2.05, 4.69) is 21.2 Å². The van der Waals surface area contributed by atoms with Gasteiger partial charge in [-0.15, -0.1) is 0 Å².